The Morgan fingerprint density at radius 3 is 2.56 bits per heavy atom. The molecule has 0 aromatic rings. The summed E-state index contributed by atoms with van der Waals surface area (Å²) in [5.41, 5.74) is 0. The molecule has 0 saturated carbocycles. The summed E-state index contributed by atoms with van der Waals surface area (Å²) in [4.78, 5) is 10.6. The van der Waals surface area contributed by atoms with Crippen molar-refractivity contribution in [3.63, 3.8) is 0 Å². The van der Waals surface area contributed by atoms with Crippen molar-refractivity contribution in [1.29, 1.82) is 0 Å². The molecule has 0 aliphatic rings. The summed E-state index contributed by atoms with van der Waals surface area (Å²) >= 11 is 0. The van der Waals surface area contributed by atoms with Crippen molar-refractivity contribution in [3.8, 4) is 0 Å². The molecule has 0 N–H and O–H groups in total. The Hall–Kier alpha value is -0.330. The van der Waals surface area contributed by atoms with E-state index in [0.717, 1.165) is 12.8 Å². The fourth-order valence-electron chi connectivity index (χ4n) is 0.620. The third-order valence-electron chi connectivity index (χ3n) is 1.58. The van der Waals surface area contributed by atoms with Crippen LogP contribution in [0.4, 0.5) is 0 Å². The van der Waals surface area contributed by atoms with E-state index in [1.165, 1.54) is 0 Å². The van der Waals surface area contributed by atoms with Crippen LogP contribution in [0.1, 0.15) is 33.6 Å². The highest BCUT2D eigenvalue weighted by molar-refractivity contribution is 5.77. The van der Waals surface area contributed by atoms with Crippen molar-refractivity contribution in [2.24, 2.45) is 5.92 Å². The molecule has 0 amide bonds. The molecule has 0 spiro atoms. The lowest BCUT2D eigenvalue weighted by molar-refractivity contribution is -0.120. The van der Waals surface area contributed by atoms with Gasteiger partial charge < -0.3 is 0 Å². The summed E-state index contributed by atoms with van der Waals surface area (Å²) in [7, 11) is 0. The van der Waals surface area contributed by atoms with Gasteiger partial charge in [0.25, 0.3) is 0 Å². The molecule has 0 aliphatic heterocycles. The molecule has 1 radical (unpaired) electrons. The second-order valence-electron chi connectivity index (χ2n) is 2.50. The maximum Gasteiger partial charge on any atom is 0.132 e. The highest BCUT2D eigenvalue weighted by atomic mass is 16.1. The van der Waals surface area contributed by atoms with Gasteiger partial charge in [-0.25, -0.2) is 0 Å². The Kier molecular flexibility index (Phi) is 4.37. The standard InChI is InChI=1S/C8H15O/c1-4-5-6-7(2)8(3)9/h4,7H,5-6H2,1-3H3. The third kappa shape index (κ3) is 4.19. The maximum absolute atomic E-state index is 10.6. The first-order chi connectivity index (χ1) is 4.18. The Morgan fingerprint density at radius 1 is 1.67 bits per heavy atom. The predicted octanol–water partition coefficient (Wildman–Crippen LogP) is 2.22. The van der Waals surface area contributed by atoms with Crippen molar-refractivity contribution in [2.75, 3.05) is 0 Å². The highest BCUT2D eigenvalue weighted by Crippen LogP contribution is 2.06. The molecule has 0 heterocycles. The molecule has 0 bridgehead atoms. The van der Waals surface area contributed by atoms with Crippen LogP contribution in [-0.4, -0.2) is 5.78 Å². The molecule has 53 valence electrons. The molecule has 1 unspecified atom stereocenters. The third-order valence-corrected chi connectivity index (χ3v) is 1.58. The van der Waals surface area contributed by atoms with Gasteiger partial charge in [0.2, 0.25) is 0 Å². The van der Waals surface area contributed by atoms with Crippen LogP contribution in [0.2, 0.25) is 0 Å². The summed E-state index contributed by atoms with van der Waals surface area (Å²) in [6, 6.07) is 0. The minimum Gasteiger partial charge on any atom is -0.300 e. The molecule has 0 aromatic heterocycles. The van der Waals surface area contributed by atoms with E-state index in [-0.39, 0.29) is 5.92 Å². The fraction of sp³-hybridized carbons (Fsp3) is 0.750. The quantitative estimate of drug-likeness (QED) is 0.566. The van der Waals surface area contributed by atoms with Crippen LogP contribution >= 0.6 is 0 Å². The van der Waals surface area contributed by atoms with Crippen LogP contribution in [0, 0.1) is 12.3 Å². The van der Waals surface area contributed by atoms with Crippen molar-refractivity contribution >= 4 is 5.78 Å². The van der Waals surface area contributed by atoms with Gasteiger partial charge >= 0.3 is 0 Å². The molecular formula is C8H15O. The van der Waals surface area contributed by atoms with Crippen molar-refractivity contribution in [1.82, 2.24) is 0 Å². The molecule has 9 heavy (non-hydrogen) atoms. The first-order valence-electron chi connectivity index (χ1n) is 3.46. The molecule has 1 nitrogen and oxygen atoms in total. The number of carbonyl (C=O) groups excluding carboxylic acids is 1. The average molecular weight is 127 g/mol. The van der Waals surface area contributed by atoms with Gasteiger partial charge in [-0.1, -0.05) is 13.8 Å². The fourth-order valence-corrected chi connectivity index (χ4v) is 0.620. The van der Waals surface area contributed by atoms with E-state index in [1.54, 1.807) is 6.92 Å². The zero-order chi connectivity index (χ0) is 7.28. The van der Waals surface area contributed by atoms with Crippen LogP contribution in [-0.2, 0) is 4.79 Å². The zero-order valence-corrected chi connectivity index (χ0v) is 6.48. The topological polar surface area (TPSA) is 17.1 Å². The van der Waals surface area contributed by atoms with Crippen LogP contribution in [0.15, 0.2) is 0 Å². The second-order valence-corrected chi connectivity index (χ2v) is 2.50. The Balaban J connectivity index is 3.27. The van der Waals surface area contributed by atoms with Crippen molar-refractivity contribution in [3.05, 3.63) is 6.42 Å². The normalized spacial score (nSPS) is 13.2. The van der Waals surface area contributed by atoms with E-state index in [9.17, 15) is 4.79 Å². The number of hydrogen-bond donors (Lipinski definition) is 0. The number of unbranched alkanes of at least 4 members (excludes halogenated alkanes) is 1. The summed E-state index contributed by atoms with van der Waals surface area (Å²) in [5.74, 6) is 0.554. The number of carbonyl (C=O) groups is 1. The van der Waals surface area contributed by atoms with E-state index in [4.69, 9.17) is 0 Å². The van der Waals surface area contributed by atoms with Crippen LogP contribution in [0.5, 0.6) is 0 Å². The molecule has 0 rings (SSSR count). The molecule has 0 fully saturated rings. The van der Waals surface area contributed by atoms with E-state index in [1.807, 2.05) is 13.8 Å². The van der Waals surface area contributed by atoms with Gasteiger partial charge in [0, 0.05) is 5.92 Å². The van der Waals surface area contributed by atoms with E-state index in [0.29, 0.717) is 5.78 Å². The minimum atomic E-state index is 0.251. The molecule has 1 atom stereocenters. The first kappa shape index (κ1) is 8.67. The second kappa shape index (κ2) is 4.54. The SMILES string of the molecule is C[CH]CCC(C)C(C)=O. The summed E-state index contributed by atoms with van der Waals surface area (Å²) in [5, 5.41) is 0. The minimum absolute atomic E-state index is 0.251. The summed E-state index contributed by atoms with van der Waals surface area (Å²) in [6.07, 6.45) is 4.16. The van der Waals surface area contributed by atoms with Gasteiger partial charge in [0.05, 0.1) is 0 Å². The number of hydrogen-bond acceptors (Lipinski definition) is 1. The lowest BCUT2D eigenvalue weighted by atomic mass is 10.0. The average Bonchev–Trinajstić information content (AvgIpc) is 1.82. The van der Waals surface area contributed by atoms with Crippen molar-refractivity contribution in [2.45, 2.75) is 33.6 Å². The largest absolute Gasteiger partial charge is 0.300 e. The first-order valence-corrected chi connectivity index (χ1v) is 3.46. The van der Waals surface area contributed by atoms with Crippen LogP contribution in [0.25, 0.3) is 0 Å². The van der Waals surface area contributed by atoms with Crippen molar-refractivity contribution < 1.29 is 4.79 Å². The summed E-state index contributed by atoms with van der Waals surface area (Å²) in [6.45, 7) is 5.65. The van der Waals surface area contributed by atoms with Gasteiger partial charge in [-0.2, -0.15) is 0 Å². The van der Waals surface area contributed by atoms with Crippen LogP contribution in [0.3, 0.4) is 0 Å². The summed E-state index contributed by atoms with van der Waals surface area (Å²) < 4.78 is 0. The number of rotatable bonds is 4. The lowest BCUT2D eigenvalue weighted by Gasteiger charge is -2.03. The van der Waals surface area contributed by atoms with E-state index in [2.05, 4.69) is 6.42 Å². The highest BCUT2D eigenvalue weighted by Gasteiger charge is 2.04. The lowest BCUT2D eigenvalue weighted by Crippen LogP contribution is -2.05. The van der Waals surface area contributed by atoms with E-state index < -0.39 is 0 Å². The van der Waals surface area contributed by atoms with Crippen LogP contribution < -0.4 is 0 Å². The monoisotopic (exact) mass is 127 g/mol. The van der Waals surface area contributed by atoms with Gasteiger partial charge in [-0.15, -0.1) is 0 Å². The maximum atomic E-state index is 10.6. The Labute approximate surface area is 57.5 Å². The Morgan fingerprint density at radius 2 is 2.22 bits per heavy atom. The van der Waals surface area contributed by atoms with Gasteiger partial charge in [0.1, 0.15) is 5.78 Å². The van der Waals surface area contributed by atoms with Gasteiger partial charge in [-0.05, 0) is 26.2 Å². The molecule has 1 heteroatoms. The van der Waals surface area contributed by atoms with Gasteiger partial charge in [-0.3, -0.25) is 4.79 Å². The number of Topliss-reactive ketones (excluding diaryl/α,β-unsaturated/α-hetero) is 1. The molecule has 0 saturated heterocycles. The predicted molar refractivity (Wildman–Crippen MR) is 39.1 cm³/mol. The smallest absolute Gasteiger partial charge is 0.132 e. The molecule has 0 aromatic carbocycles. The van der Waals surface area contributed by atoms with Gasteiger partial charge in [0.15, 0.2) is 0 Å². The van der Waals surface area contributed by atoms with E-state index >= 15 is 0 Å². The Bertz CT molecular complexity index is 86.6. The molecular weight excluding hydrogens is 112 g/mol. The number of ketones is 1. The zero-order valence-electron chi connectivity index (χ0n) is 6.48. The molecule has 0 aliphatic carbocycles.